The lowest BCUT2D eigenvalue weighted by atomic mass is 9.85. The molecular formula is C11H12FNO2. The minimum atomic E-state index is -0.721. The molecule has 80 valence electrons. The first-order valence-corrected chi connectivity index (χ1v) is 4.96. The molecule has 1 saturated carbocycles. The number of rotatable bonds is 2. The lowest BCUT2D eigenvalue weighted by molar-refractivity contribution is -0.122. The van der Waals surface area contributed by atoms with Crippen LogP contribution in [0.5, 0.6) is 5.75 Å². The third kappa shape index (κ3) is 2.09. The number of hydrogen-bond donors (Lipinski definition) is 2. The smallest absolute Gasteiger partial charge is 0.227 e. The molecule has 1 fully saturated rings. The number of aromatic hydroxyl groups is 1. The normalized spacial score (nSPS) is 15.8. The quantitative estimate of drug-likeness (QED) is 0.734. The van der Waals surface area contributed by atoms with E-state index in [4.69, 9.17) is 5.11 Å². The van der Waals surface area contributed by atoms with Crippen molar-refractivity contribution in [3.8, 4) is 5.75 Å². The third-order valence-electron chi connectivity index (χ3n) is 2.69. The highest BCUT2D eigenvalue weighted by atomic mass is 19.1. The van der Waals surface area contributed by atoms with E-state index >= 15 is 0 Å². The van der Waals surface area contributed by atoms with Gasteiger partial charge in [-0.05, 0) is 25.0 Å². The molecule has 0 saturated heterocycles. The van der Waals surface area contributed by atoms with Gasteiger partial charge >= 0.3 is 0 Å². The molecule has 15 heavy (non-hydrogen) atoms. The fraction of sp³-hybridized carbons (Fsp3) is 0.364. The topological polar surface area (TPSA) is 49.3 Å². The second kappa shape index (κ2) is 3.88. The first-order valence-electron chi connectivity index (χ1n) is 4.96. The van der Waals surface area contributed by atoms with Gasteiger partial charge in [-0.2, -0.15) is 0 Å². The van der Waals surface area contributed by atoms with E-state index in [0.29, 0.717) is 5.69 Å². The molecule has 0 heterocycles. The molecule has 0 unspecified atom stereocenters. The van der Waals surface area contributed by atoms with Crippen molar-refractivity contribution in [1.82, 2.24) is 0 Å². The summed E-state index contributed by atoms with van der Waals surface area (Å²) < 4.78 is 12.9. The monoisotopic (exact) mass is 209 g/mol. The Kier molecular flexibility index (Phi) is 2.58. The number of nitrogens with one attached hydrogen (secondary N) is 1. The van der Waals surface area contributed by atoms with Gasteiger partial charge in [-0.1, -0.05) is 6.42 Å². The summed E-state index contributed by atoms with van der Waals surface area (Å²) >= 11 is 0. The third-order valence-corrected chi connectivity index (χ3v) is 2.69. The first-order chi connectivity index (χ1) is 7.16. The SMILES string of the molecule is O=C(Nc1ccc(O)c(F)c1)C1CCC1. The van der Waals surface area contributed by atoms with E-state index in [1.807, 2.05) is 0 Å². The maximum Gasteiger partial charge on any atom is 0.227 e. The van der Waals surface area contributed by atoms with Crippen molar-refractivity contribution in [2.24, 2.45) is 5.92 Å². The van der Waals surface area contributed by atoms with Crippen LogP contribution in [0.25, 0.3) is 0 Å². The Labute approximate surface area is 86.9 Å². The zero-order chi connectivity index (χ0) is 10.8. The highest BCUT2D eigenvalue weighted by Gasteiger charge is 2.25. The number of benzene rings is 1. The van der Waals surface area contributed by atoms with Gasteiger partial charge in [-0.3, -0.25) is 4.79 Å². The average Bonchev–Trinajstić information content (AvgIpc) is 2.08. The number of anilines is 1. The van der Waals surface area contributed by atoms with E-state index < -0.39 is 11.6 Å². The number of phenols is 1. The standard InChI is InChI=1S/C11H12FNO2/c12-9-6-8(4-5-10(9)14)13-11(15)7-2-1-3-7/h4-7,14H,1-3H2,(H,13,15). The molecule has 1 aromatic rings. The molecule has 2 N–H and O–H groups in total. The summed E-state index contributed by atoms with van der Waals surface area (Å²) in [5, 5.41) is 11.6. The second-order valence-corrected chi connectivity index (χ2v) is 3.78. The maximum atomic E-state index is 12.9. The Morgan fingerprint density at radius 1 is 1.47 bits per heavy atom. The predicted molar refractivity (Wildman–Crippen MR) is 54.0 cm³/mol. The zero-order valence-electron chi connectivity index (χ0n) is 8.16. The largest absolute Gasteiger partial charge is 0.505 e. The fourth-order valence-electron chi connectivity index (χ4n) is 1.50. The van der Waals surface area contributed by atoms with Crippen molar-refractivity contribution in [1.29, 1.82) is 0 Å². The minimum Gasteiger partial charge on any atom is -0.505 e. The van der Waals surface area contributed by atoms with Gasteiger partial charge in [0.15, 0.2) is 11.6 Å². The number of phenolic OH excluding ortho intramolecular Hbond substituents is 1. The van der Waals surface area contributed by atoms with Gasteiger partial charge in [0.1, 0.15) is 0 Å². The average molecular weight is 209 g/mol. The van der Waals surface area contributed by atoms with E-state index in [9.17, 15) is 9.18 Å². The summed E-state index contributed by atoms with van der Waals surface area (Å²) in [7, 11) is 0. The lowest BCUT2D eigenvalue weighted by Gasteiger charge is -2.24. The number of halogens is 1. The molecule has 0 aromatic heterocycles. The molecule has 0 aliphatic heterocycles. The molecule has 3 nitrogen and oxygen atoms in total. The summed E-state index contributed by atoms with van der Waals surface area (Å²) in [6, 6.07) is 3.83. The summed E-state index contributed by atoms with van der Waals surface area (Å²) in [6.45, 7) is 0. The number of hydrogen-bond acceptors (Lipinski definition) is 2. The molecule has 1 aromatic carbocycles. The Bertz CT molecular complexity index is 388. The Morgan fingerprint density at radius 3 is 2.73 bits per heavy atom. The van der Waals surface area contributed by atoms with Crippen LogP contribution >= 0.6 is 0 Å². The van der Waals surface area contributed by atoms with E-state index in [1.54, 1.807) is 0 Å². The molecule has 1 aliphatic rings. The highest BCUT2D eigenvalue weighted by Crippen LogP contribution is 2.28. The summed E-state index contributed by atoms with van der Waals surface area (Å²) in [5.74, 6) is -1.12. The van der Waals surface area contributed by atoms with Gasteiger partial charge in [-0.25, -0.2) is 4.39 Å². The van der Waals surface area contributed by atoms with Gasteiger partial charge in [0.05, 0.1) is 0 Å². The van der Waals surface area contributed by atoms with Crippen LogP contribution in [0.2, 0.25) is 0 Å². The van der Waals surface area contributed by atoms with Crippen LogP contribution in [0.1, 0.15) is 19.3 Å². The van der Waals surface area contributed by atoms with Crippen LogP contribution in [0.15, 0.2) is 18.2 Å². The molecular weight excluding hydrogens is 197 g/mol. The van der Waals surface area contributed by atoms with Gasteiger partial charge < -0.3 is 10.4 Å². The Morgan fingerprint density at radius 2 is 2.20 bits per heavy atom. The van der Waals surface area contributed by atoms with Crippen LogP contribution < -0.4 is 5.32 Å². The number of carbonyl (C=O) groups is 1. The van der Waals surface area contributed by atoms with Crippen LogP contribution in [0.3, 0.4) is 0 Å². The van der Waals surface area contributed by atoms with E-state index in [-0.39, 0.29) is 11.8 Å². The Balaban J connectivity index is 2.03. The predicted octanol–water partition coefficient (Wildman–Crippen LogP) is 2.27. The van der Waals surface area contributed by atoms with Crippen LogP contribution in [0.4, 0.5) is 10.1 Å². The molecule has 2 rings (SSSR count). The summed E-state index contributed by atoms with van der Waals surface area (Å²) in [6.07, 6.45) is 2.90. The van der Waals surface area contributed by atoms with Crippen molar-refractivity contribution in [3.05, 3.63) is 24.0 Å². The zero-order valence-corrected chi connectivity index (χ0v) is 8.16. The molecule has 0 radical (unpaired) electrons. The van der Waals surface area contributed by atoms with Gasteiger partial charge in [0.2, 0.25) is 5.91 Å². The highest BCUT2D eigenvalue weighted by molar-refractivity contribution is 5.93. The number of amides is 1. The second-order valence-electron chi connectivity index (χ2n) is 3.78. The van der Waals surface area contributed by atoms with Gasteiger partial charge in [0, 0.05) is 17.7 Å². The van der Waals surface area contributed by atoms with Crippen molar-refractivity contribution < 1.29 is 14.3 Å². The van der Waals surface area contributed by atoms with Gasteiger partial charge in [0.25, 0.3) is 0 Å². The van der Waals surface area contributed by atoms with Crippen molar-refractivity contribution in [2.45, 2.75) is 19.3 Å². The van der Waals surface area contributed by atoms with Crippen LogP contribution in [-0.4, -0.2) is 11.0 Å². The van der Waals surface area contributed by atoms with Crippen LogP contribution in [0, 0.1) is 11.7 Å². The lowest BCUT2D eigenvalue weighted by Crippen LogP contribution is -2.28. The van der Waals surface area contributed by atoms with Crippen molar-refractivity contribution in [2.75, 3.05) is 5.32 Å². The first kappa shape index (κ1) is 9.96. The van der Waals surface area contributed by atoms with E-state index in [1.165, 1.54) is 12.1 Å². The fourth-order valence-corrected chi connectivity index (χ4v) is 1.50. The van der Waals surface area contributed by atoms with Gasteiger partial charge in [-0.15, -0.1) is 0 Å². The Hall–Kier alpha value is -1.58. The minimum absolute atomic E-state index is 0.0636. The van der Waals surface area contributed by atoms with Crippen LogP contribution in [-0.2, 0) is 4.79 Å². The molecule has 1 aliphatic carbocycles. The molecule has 4 heteroatoms. The molecule has 0 atom stereocenters. The maximum absolute atomic E-state index is 12.9. The molecule has 0 bridgehead atoms. The van der Waals surface area contributed by atoms with E-state index in [2.05, 4.69) is 5.32 Å². The summed E-state index contributed by atoms with van der Waals surface area (Å²) in [4.78, 5) is 11.5. The molecule has 0 spiro atoms. The summed E-state index contributed by atoms with van der Waals surface area (Å²) in [5.41, 5.74) is 0.391. The van der Waals surface area contributed by atoms with Crippen molar-refractivity contribution in [3.63, 3.8) is 0 Å². The van der Waals surface area contributed by atoms with E-state index in [0.717, 1.165) is 25.3 Å². The molecule has 1 amide bonds. The van der Waals surface area contributed by atoms with Crippen molar-refractivity contribution >= 4 is 11.6 Å². The number of carbonyl (C=O) groups excluding carboxylic acids is 1.